The summed E-state index contributed by atoms with van der Waals surface area (Å²) in [5, 5.41) is 12.9. The van der Waals surface area contributed by atoms with Gasteiger partial charge in [-0.1, -0.05) is 52.3 Å². The van der Waals surface area contributed by atoms with Crippen molar-refractivity contribution in [2.45, 2.75) is 19.0 Å². The van der Waals surface area contributed by atoms with Crippen molar-refractivity contribution in [2.24, 2.45) is 0 Å². The smallest absolute Gasteiger partial charge is 0.337 e. The highest BCUT2D eigenvalue weighted by molar-refractivity contribution is 9.10. The maximum absolute atomic E-state index is 11.5. The summed E-state index contributed by atoms with van der Waals surface area (Å²) in [6.45, 7) is 0.660. The third kappa shape index (κ3) is 5.91. The van der Waals surface area contributed by atoms with Gasteiger partial charge >= 0.3 is 5.97 Å². The first kappa shape index (κ1) is 20.6. The molecule has 0 unspecified atom stereocenters. The Morgan fingerprint density at radius 2 is 1.96 bits per heavy atom. The van der Waals surface area contributed by atoms with Crippen LogP contribution >= 0.6 is 28.3 Å². The molecule has 6 heteroatoms. The van der Waals surface area contributed by atoms with Crippen LogP contribution in [0.25, 0.3) is 0 Å². The molecule has 0 aliphatic heterocycles. The second-order valence-corrected chi connectivity index (χ2v) is 6.10. The van der Waals surface area contributed by atoms with Gasteiger partial charge in [0.2, 0.25) is 0 Å². The molecule has 24 heavy (non-hydrogen) atoms. The van der Waals surface area contributed by atoms with Gasteiger partial charge in [0, 0.05) is 17.1 Å². The number of hydrogen-bond acceptors (Lipinski definition) is 4. The highest BCUT2D eigenvalue weighted by Crippen LogP contribution is 2.19. The molecule has 2 rings (SSSR count). The van der Waals surface area contributed by atoms with E-state index < -0.39 is 0 Å². The minimum absolute atomic E-state index is 0. The van der Waals surface area contributed by atoms with Crippen LogP contribution in [0, 0.1) is 0 Å². The van der Waals surface area contributed by atoms with E-state index >= 15 is 0 Å². The Bertz CT molecular complexity index is 652. The lowest BCUT2D eigenvalue weighted by Gasteiger charge is -2.17. The van der Waals surface area contributed by atoms with E-state index in [9.17, 15) is 9.90 Å². The summed E-state index contributed by atoms with van der Waals surface area (Å²) in [6, 6.07) is 15.4. The van der Waals surface area contributed by atoms with Crippen molar-refractivity contribution in [3.8, 4) is 0 Å². The number of benzene rings is 2. The number of methoxy groups -OCH3 is 1. The lowest BCUT2D eigenvalue weighted by Crippen LogP contribution is -2.34. The minimum atomic E-state index is -0.359. The zero-order valence-electron chi connectivity index (χ0n) is 13.4. The SMILES string of the molecule is COC(=O)c1ccc(CN[C@H](CO)Cc2ccccc2)c(Br)c1.Cl. The van der Waals surface area contributed by atoms with Gasteiger partial charge in [-0.25, -0.2) is 4.79 Å². The van der Waals surface area contributed by atoms with Gasteiger partial charge in [0.25, 0.3) is 0 Å². The van der Waals surface area contributed by atoms with Crippen molar-refractivity contribution in [3.63, 3.8) is 0 Å². The van der Waals surface area contributed by atoms with Crippen LogP contribution in [-0.4, -0.2) is 30.8 Å². The predicted molar refractivity (Wildman–Crippen MR) is 101 cm³/mol. The van der Waals surface area contributed by atoms with Gasteiger partial charge < -0.3 is 15.2 Å². The lowest BCUT2D eigenvalue weighted by atomic mass is 10.1. The number of hydrogen-bond donors (Lipinski definition) is 2. The molecule has 4 nitrogen and oxygen atoms in total. The maximum Gasteiger partial charge on any atom is 0.337 e. The number of aliphatic hydroxyl groups excluding tert-OH is 1. The zero-order valence-corrected chi connectivity index (χ0v) is 15.8. The molecule has 1 atom stereocenters. The predicted octanol–water partition coefficient (Wildman–Crippen LogP) is 3.35. The van der Waals surface area contributed by atoms with Crippen LogP contribution in [0.4, 0.5) is 0 Å². The first-order valence-electron chi connectivity index (χ1n) is 7.39. The second-order valence-electron chi connectivity index (χ2n) is 5.25. The van der Waals surface area contributed by atoms with Crippen molar-refractivity contribution in [3.05, 3.63) is 69.7 Å². The highest BCUT2D eigenvalue weighted by Gasteiger charge is 2.11. The summed E-state index contributed by atoms with van der Waals surface area (Å²) in [4.78, 5) is 11.5. The molecule has 2 aromatic rings. The number of halogens is 2. The molecule has 2 aromatic carbocycles. The van der Waals surface area contributed by atoms with Crippen LogP contribution in [0.2, 0.25) is 0 Å². The molecule has 0 aliphatic rings. The fourth-order valence-electron chi connectivity index (χ4n) is 2.29. The van der Waals surface area contributed by atoms with Gasteiger partial charge in [-0.15, -0.1) is 12.4 Å². The van der Waals surface area contributed by atoms with Crippen LogP contribution in [0.15, 0.2) is 53.0 Å². The van der Waals surface area contributed by atoms with E-state index in [1.165, 1.54) is 12.7 Å². The molecule has 0 radical (unpaired) electrons. The molecule has 0 saturated heterocycles. The fourth-order valence-corrected chi connectivity index (χ4v) is 2.81. The Morgan fingerprint density at radius 1 is 1.25 bits per heavy atom. The van der Waals surface area contributed by atoms with Gasteiger partial charge in [0.1, 0.15) is 0 Å². The van der Waals surface area contributed by atoms with Crippen molar-refractivity contribution in [1.82, 2.24) is 5.32 Å². The molecule has 0 amide bonds. The van der Waals surface area contributed by atoms with Crippen LogP contribution < -0.4 is 5.32 Å². The second kappa shape index (κ2) is 10.5. The maximum atomic E-state index is 11.5. The number of aliphatic hydroxyl groups is 1. The van der Waals surface area contributed by atoms with Gasteiger partial charge in [-0.3, -0.25) is 0 Å². The van der Waals surface area contributed by atoms with E-state index in [0.717, 1.165) is 16.5 Å². The molecular weight excluding hydrogens is 394 g/mol. The van der Waals surface area contributed by atoms with Crippen LogP contribution in [0.3, 0.4) is 0 Å². The van der Waals surface area contributed by atoms with E-state index in [4.69, 9.17) is 4.74 Å². The van der Waals surface area contributed by atoms with Crippen molar-refractivity contribution < 1.29 is 14.6 Å². The van der Waals surface area contributed by atoms with E-state index in [-0.39, 0.29) is 31.0 Å². The molecule has 0 aliphatic carbocycles. The topological polar surface area (TPSA) is 58.6 Å². The molecule has 0 saturated carbocycles. The Labute approximate surface area is 156 Å². The van der Waals surface area contributed by atoms with E-state index in [1.54, 1.807) is 12.1 Å². The van der Waals surface area contributed by atoms with Crippen LogP contribution in [0.5, 0.6) is 0 Å². The summed E-state index contributed by atoms with van der Waals surface area (Å²) < 4.78 is 5.54. The van der Waals surface area contributed by atoms with E-state index in [1.807, 2.05) is 36.4 Å². The molecule has 2 N–H and O–H groups in total. The minimum Gasteiger partial charge on any atom is -0.465 e. The Kier molecular flexibility index (Phi) is 9.00. The number of carbonyl (C=O) groups excluding carboxylic acids is 1. The molecule has 0 spiro atoms. The average molecular weight is 415 g/mol. The monoisotopic (exact) mass is 413 g/mol. The standard InChI is InChI=1S/C18H20BrNO3.ClH/c1-23-18(22)14-7-8-15(17(19)10-14)11-20-16(12-21)9-13-5-3-2-4-6-13;/h2-8,10,16,20-21H,9,11-12H2,1H3;1H/t16-;/m0./s1. The van der Waals surface area contributed by atoms with Crippen molar-refractivity contribution in [2.75, 3.05) is 13.7 Å². The normalized spacial score (nSPS) is 11.5. The number of ether oxygens (including phenoxy) is 1. The van der Waals surface area contributed by atoms with Gasteiger partial charge in [0.15, 0.2) is 0 Å². The van der Waals surface area contributed by atoms with E-state index in [0.29, 0.717) is 12.1 Å². The first-order chi connectivity index (χ1) is 11.1. The van der Waals surface area contributed by atoms with Gasteiger partial charge in [-0.05, 0) is 29.7 Å². The summed E-state index contributed by atoms with van der Waals surface area (Å²) in [6.07, 6.45) is 0.759. The Balaban J connectivity index is 0.00000288. The summed E-state index contributed by atoms with van der Waals surface area (Å²) in [5.74, 6) is -0.359. The highest BCUT2D eigenvalue weighted by atomic mass is 79.9. The number of rotatable bonds is 7. The summed E-state index contributed by atoms with van der Waals surface area (Å²) in [5.41, 5.74) is 2.70. The number of carbonyl (C=O) groups is 1. The fraction of sp³-hybridized carbons (Fsp3) is 0.278. The third-order valence-corrected chi connectivity index (χ3v) is 4.34. The molecule has 0 fully saturated rings. The molecule has 0 bridgehead atoms. The largest absolute Gasteiger partial charge is 0.465 e. The number of esters is 1. The molecule has 130 valence electrons. The zero-order chi connectivity index (χ0) is 16.7. The van der Waals surface area contributed by atoms with Crippen LogP contribution in [0.1, 0.15) is 21.5 Å². The summed E-state index contributed by atoms with van der Waals surface area (Å²) >= 11 is 3.47. The number of nitrogens with one attached hydrogen (secondary N) is 1. The lowest BCUT2D eigenvalue weighted by molar-refractivity contribution is 0.0600. The molecule has 0 heterocycles. The van der Waals surface area contributed by atoms with Gasteiger partial charge in [-0.2, -0.15) is 0 Å². The average Bonchev–Trinajstić information content (AvgIpc) is 2.59. The third-order valence-electron chi connectivity index (χ3n) is 3.60. The van der Waals surface area contributed by atoms with Crippen LogP contribution in [-0.2, 0) is 17.7 Å². The van der Waals surface area contributed by atoms with Crippen molar-refractivity contribution in [1.29, 1.82) is 0 Å². The Morgan fingerprint density at radius 3 is 2.54 bits per heavy atom. The quantitative estimate of drug-likeness (QED) is 0.682. The Hall–Kier alpha value is -1.40. The molecule has 0 aromatic heterocycles. The summed E-state index contributed by atoms with van der Waals surface area (Å²) in [7, 11) is 1.36. The molecular formula is C18H21BrClNO3. The van der Waals surface area contributed by atoms with E-state index in [2.05, 4.69) is 21.2 Å². The van der Waals surface area contributed by atoms with Gasteiger partial charge in [0.05, 0.1) is 19.3 Å². The van der Waals surface area contributed by atoms with Crippen molar-refractivity contribution >= 4 is 34.3 Å². The first-order valence-corrected chi connectivity index (χ1v) is 8.18.